The second-order valence-corrected chi connectivity index (χ2v) is 6.32. The molecule has 0 radical (unpaired) electrons. The third-order valence-electron chi connectivity index (χ3n) is 4.37. The molecule has 1 rings (SSSR count). The number of nitrogens with two attached hydrogens (primary N) is 1. The van der Waals surface area contributed by atoms with Crippen LogP contribution in [0.1, 0.15) is 83.4 Å². The highest BCUT2D eigenvalue weighted by Crippen LogP contribution is 2.28. The number of hydrogen-bond acceptors (Lipinski definition) is 1. The Morgan fingerprint density at radius 3 is 2.16 bits per heavy atom. The largest absolute Gasteiger partial charge is 0.324 e. The van der Waals surface area contributed by atoms with Crippen molar-refractivity contribution in [3.8, 4) is 0 Å². The Balaban J connectivity index is 2.56. The maximum atomic E-state index is 6.27. The summed E-state index contributed by atoms with van der Waals surface area (Å²) in [7, 11) is 0. The Bertz CT molecular complexity index is 350. The molecule has 0 aliphatic heterocycles. The molecule has 0 aliphatic carbocycles. The van der Waals surface area contributed by atoms with Crippen LogP contribution in [0.4, 0.5) is 0 Å². The Hall–Kier alpha value is -0.820. The van der Waals surface area contributed by atoms with Gasteiger partial charge < -0.3 is 5.73 Å². The van der Waals surface area contributed by atoms with E-state index >= 15 is 0 Å². The number of unbranched alkanes of at least 4 members (excludes halogenated alkanes) is 3. The van der Waals surface area contributed by atoms with Gasteiger partial charge >= 0.3 is 0 Å². The molecular weight excluding hydrogens is 230 g/mol. The van der Waals surface area contributed by atoms with E-state index in [9.17, 15) is 0 Å². The van der Waals surface area contributed by atoms with Gasteiger partial charge in [-0.3, -0.25) is 0 Å². The summed E-state index contributed by atoms with van der Waals surface area (Å²) in [5, 5.41) is 0. The molecule has 1 atom stereocenters. The molecule has 1 heteroatoms. The molecule has 1 unspecified atom stereocenters. The van der Waals surface area contributed by atoms with Crippen LogP contribution in [-0.2, 0) is 5.41 Å². The smallest absolute Gasteiger partial charge is 0.0294 e. The first-order valence-electron chi connectivity index (χ1n) is 7.87. The minimum atomic E-state index is 0.204. The van der Waals surface area contributed by atoms with Crippen LogP contribution in [0.25, 0.3) is 0 Å². The van der Waals surface area contributed by atoms with Crippen LogP contribution in [-0.4, -0.2) is 0 Å². The fourth-order valence-corrected chi connectivity index (χ4v) is 2.34. The predicted octanol–water partition coefficient (Wildman–Crippen LogP) is 5.34. The van der Waals surface area contributed by atoms with E-state index in [1.807, 2.05) is 0 Å². The molecule has 0 aliphatic rings. The minimum Gasteiger partial charge on any atom is -0.324 e. The van der Waals surface area contributed by atoms with Crippen molar-refractivity contribution in [2.75, 3.05) is 0 Å². The lowest BCUT2D eigenvalue weighted by atomic mass is 9.81. The topological polar surface area (TPSA) is 26.0 Å². The minimum absolute atomic E-state index is 0.204. The van der Waals surface area contributed by atoms with Crippen LogP contribution >= 0.6 is 0 Å². The van der Waals surface area contributed by atoms with Gasteiger partial charge in [0.15, 0.2) is 0 Å². The van der Waals surface area contributed by atoms with E-state index in [1.165, 1.54) is 36.8 Å². The van der Waals surface area contributed by atoms with Gasteiger partial charge in [-0.25, -0.2) is 0 Å². The van der Waals surface area contributed by atoms with E-state index in [2.05, 4.69) is 52.0 Å². The van der Waals surface area contributed by atoms with E-state index < -0.39 is 0 Å². The lowest BCUT2D eigenvalue weighted by Crippen LogP contribution is -2.16. The Kier molecular flexibility index (Phi) is 6.57. The standard InChI is InChI=1S/C18H31N/c1-5-7-8-9-10-17(19)15-11-13-16(14-12-15)18(3,4)6-2/h11-14,17H,5-10,19H2,1-4H3. The van der Waals surface area contributed by atoms with E-state index in [0.717, 1.165) is 12.8 Å². The van der Waals surface area contributed by atoms with Crippen molar-refractivity contribution in [3.05, 3.63) is 35.4 Å². The second kappa shape index (κ2) is 7.69. The average Bonchev–Trinajstić information content (AvgIpc) is 2.43. The SMILES string of the molecule is CCCCCCC(N)c1ccc(C(C)(C)CC)cc1. The van der Waals surface area contributed by atoms with E-state index in [1.54, 1.807) is 0 Å². The van der Waals surface area contributed by atoms with E-state index in [4.69, 9.17) is 5.73 Å². The maximum Gasteiger partial charge on any atom is 0.0294 e. The molecule has 108 valence electrons. The number of rotatable bonds is 8. The van der Waals surface area contributed by atoms with Crippen LogP contribution in [0.2, 0.25) is 0 Å². The molecule has 0 bridgehead atoms. The zero-order valence-electron chi connectivity index (χ0n) is 13.2. The fraction of sp³-hybridized carbons (Fsp3) is 0.667. The van der Waals surface area contributed by atoms with Gasteiger partial charge in [-0.2, -0.15) is 0 Å². The van der Waals surface area contributed by atoms with E-state index in [0.29, 0.717) is 0 Å². The first kappa shape index (κ1) is 16.2. The van der Waals surface area contributed by atoms with Crippen LogP contribution in [0, 0.1) is 0 Å². The highest BCUT2D eigenvalue weighted by molar-refractivity contribution is 5.29. The average molecular weight is 261 g/mol. The number of hydrogen-bond donors (Lipinski definition) is 1. The van der Waals surface area contributed by atoms with Gasteiger partial charge in [0.1, 0.15) is 0 Å². The summed E-state index contributed by atoms with van der Waals surface area (Å²) in [6.45, 7) is 9.08. The van der Waals surface area contributed by atoms with Crippen LogP contribution in [0.5, 0.6) is 0 Å². The molecule has 0 aromatic heterocycles. The normalized spacial score (nSPS) is 13.5. The molecule has 1 aromatic rings. The summed E-state index contributed by atoms with van der Waals surface area (Å²) in [4.78, 5) is 0. The first-order chi connectivity index (χ1) is 9.01. The summed E-state index contributed by atoms with van der Waals surface area (Å²) in [5.74, 6) is 0. The van der Waals surface area contributed by atoms with Crippen molar-refractivity contribution >= 4 is 0 Å². The van der Waals surface area contributed by atoms with Gasteiger partial charge in [-0.1, -0.05) is 77.6 Å². The van der Waals surface area contributed by atoms with Crippen molar-refractivity contribution in [1.82, 2.24) is 0 Å². The van der Waals surface area contributed by atoms with Crippen molar-refractivity contribution in [1.29, 1.82) is 0 Å². The summed E-state index contributed by atoms with van der Waals surface area (Å²) < 4.78 is 0. The molecule has 1 aromatic carbocycles. The van der Waals surface area contributed by atoms with Crippen molar-refractivity contribution in [2.24, 2.45) is 5.73 Å². The molecular formula is C18H31N. The Morgan fingerprint density at radius 1 is 1.00 bits per heavy atom. The zero-order chi connectivity index (χ0) is 14.3. The van der Waals surface area contributed by atoms with Gasteiger partial charge in [0.25, 0.3) is 0 Å². The van der Waals surface area contributed by atoms with Crippen LogP contribution in [0.3, 0.4) is 0 Å². The lowest BCUT2D eigenvalue weighted by Gasteiger charge is -2.24. The van der Waals surface area contributed by atoms with Crippen LogP contribution in [0.15, 0.2) is 24.3 Å². The number of benzene rings is 1. The molecule has 0 heterocycles. The van der Waals surface area contributed by atoms with Gasteiger partial charge in [0.05, 0.1) is 0 Å². The Morgan fingerprint density at radius 2 is 1.63 bits per heavy atom. The van der Waals surface area contributed by atoms with Crippen molar-refractivity contribution in [3.63, 3.8) is 0 Å². The van der Waals surface area contributed by atoms with Gasteiger partial charge in [-0.05, 0) is 29.4 Å². The van der Waals surface area contributed by atoms with Crippen LogP contribution < -0.4 is 5.73 Å². The highest BCUT2D eigenvalue weighted by atomic mass is 14.6. The monoisotopic (exact) mass is 261 g/mol. The molecule has 0 saturated carbocycles. The second-order valence-electron chi connectivity index (χ2n) is 6.32. The molecule has 0 fully saturated rings. The molecule has 19 heavy (non-hydrogen) atoms. The lowest BCUT2D eigenvalue weighted by molar-refractivity contribution is 0.505. The van der Waals surface area contributed by atoms with Crippen molar-refractivity contribution < 1.29 is 0 Å². The van der Waals surface area contributed by atoms with Crippen molar-refractivity contribution in [2.45, 2.75) is 77.7 Å². The van der Waals surface area contributed by atoms with E-state index in [-0.39, 0.29) is 11.5 Å². The van der Waals surface area contributed by atoms with Gasteiger partial charge in [0.2, 0.25) is 0 Å². The molecule has 0 amide bonds. The summed E-state index contributed by atoms with van der Waals surface area (Å²) >= 11 is 0. The third kappa shape index (κ3) is 4.99. The molecule has 1 nitrogen and oxygen atoms in total. The van der Waals surface area contributed by atoms with Gasteiger partial charge in [0, 0.05) is 6.04 Å². The Labute approximate surface area is 119 Å². The molecule has 0 spiro atoms. The third-order valence-corrected chi connectivity index (χ3v) is 4.37. The highest BCUT2D eigenvalue weighted by Gasteiger charge is 2.17. The molecule has 2 N–H and O–H groups in total. The maximum absolute atomic E-state index is 6.27. The zero-order valence-corrected chi connectivity index (χ0v) is 13.2. The fourth-order valence-electron chi connectivity index (χ4n) is 2.34. The quantitative estimate of drug-likeness (QED) is 0.628. The van der Waals surface area contributed by atoms with Gasteiger partial charge in [-0.15, -0.1) is 0 Å². The molecule has 0 saturated heterocycles. The summed E-state index contributed by atoms with van der Waals surface area (Å²) in [5.41, 5.74) is 9.23. The first-order valence-corrected chi connectivity index (χ1v) is 7.87. The predicted molar refractivity (Wildman–Crippen MR) is 85.4 cm³/mol. The summed E-state index contributed by atoms with van der Waals surface area (Å²) in [6, 6.07) is 9.15. The summed E-state index contributed by atoms with van der Waals surface area (Å²) in [6.07, 6.45) is 7.45.